The Kier molecular flexibility index (Phi) is 3.28. The zero-order valence-electron chi connectivity index (χ0n) is 9.09. The summed E-state index contributed by atoms with van der Waals surface area (Å²) in [6.45, 7) is 2.00. The Bertz CT molecular complexity index is 533. The molecule has 88 valence electrons. The van der Waals surface area contributed by atoms with Gasteiger partial charge in [0.05, 0.1) is 10.9 Å². The molecule has 0 bridgehead atoms. The number of halogens is 1. The van der Waals surface area contributed by atoms with Crippen molar-refractivity contribution in [1.29, 1.82) is 0 Å². The molecular weight excluding hydrogens is 286 g/mol. The van der Waals surface area contributed by atoms with E-state index in [1.807, 2.05) is 31.2 Å². The number of aryl methyl sites for hydroxylation is 1. The molecule has 2 rings (SSSR count). The molecule has 0 fully saturated rings. The van der Waals surface area contributed by atoms with Crippen LogP contribution in [0.3, 0.4) is 0 Å². The van der Waals surface area contributed by atoms with Crippen LogP contribution in [0.15, 0.2) is 40.8 Å². The van der Waals surface area contributed by atoms with Crippen LogP contribution >= 0.6 is 15.9 Å². The molecule has 0 aliphatic carbocycles. The Morgan fingerprint density at radius 1 is 1.24 bits per heavy atom. The summed E-state index contributed by atoms with van der Waals surface area (Å²) in [6, 6.07) is 10.9. The van der Waals surface area contributed by atoms with E-state index in [1.54, 1.807) is 6.07 Å². The van der Waals surface area contributed by atoms with Crippen molar-refractivity contribution in [3.8, 4) is 0 Å². The number of hydrogen-bond acceptors (Lipinski definition) is 3. The molecule has 1 unspecified atom stereocenters. The molecule has 0 aliphatic rings. The third-order valence-corrected chi connectivity index (χ3v) is 3.39. The maximum atomic E-state index is 10.5. The van der Waals surface area contributed by atoms with Crippen LogP contribution in [0.25, 0.3) is 0 Å². The van der Waals surface area contributed by atoms with Gasteiger partial charge < -0.3 is 4.42 Å². The van der Waals surface area contributed by atoms with Crippen LogP contribution in [0.1, 0.15) is 21.7 Å². The first kappa shape index (κ1) is 11.9. The monoisotopic (exact) mass is 295 g/mol. The molecule has 4 nitrogen and oxygen atoms in total. The molecular formula is C12H10BrNO3. The fourth-order valence-corrected chi connectivity index (χ4v) is 2.03. The number of nitrogens with zero attached hydrogens (tertiary/aromatic N) is 1. The van der Waals surface area contributed by atoms with E-state index in [0.717, 1.165) is 5.56 Å². The maximum Gasteiger partial charge on any atom is 0.433 e. The van der Waals surface area contributed by atoms with Gasteiger partial charge in [0.1, 0.15) is 10.7 Å². The quantitative estimate of drug-likeness (QED) is 0.489. The average molecular weight is 296 g/mol. The molecule has 0 amide bonds. The minimum absolute atomic E-state index is 0.170. The van der Waals surface area contributed by atoms with Crippen molar-refractivity contribution in [1.82, 2.24) is 0 Å². The maximum absolute atomic E-state index is 10.5. The van der Waals surface area contributed by atoms with Crippen LogP contribution in [0.4, 0.5) is 5.88 Å². The lowest BCUT2D eigenvalue weighted by Crippen LogP contribution is -1.90. The molecule has 0 radical (unpaired) electrons. The molecule has 2 aromatic rings. The van der Waals surface area contributed by atoms with E-state index in [4.69, 9.17) is 4.42 Å². The Balaban J connectivity index is 2.27. The fraction of sp³-hybridized carbons (Fsp3) is 0.167. The first-order valence-electron chi connectivity index (χ1n) is 5.02. The molecule has 0 saturated heterocycles. The van der Waals surface area contributed by atoms with Crippen LogP contribution in [-0.4, -0.2) is 4.92 Å². The standard InChI is InChI=1S/C12H10BrNO3/c1-8-2-4-9(5-3-8)12(13)10-6-7-11(17-10)14(15)16/h2-7,12H,1H3. The van der Waals surface area contributed by atoms with Gasteiger partial charge in [0.2, 0.25) is 0 Å². The fourth-order valence-electron chi connectivity index (χ4n) is 1.48. The van der Waals surface area contributed by atoms with Gasteiger partial charge in [-0.1, -0.05) is 45.8 Å². The Morgan fingerprint density at radius 3 is 2.41 bits per heavy atom. The van der Waals surface area contributed by atoms with E-state index in [9.17, 15) is 10.1 Å². The van der Waals surface area contributed by atoms with E-state index >= 15 is 0 Å². The second-order valence-corrected chi connectivity index (χ2v) is 4.62. The highest BCUT2D eigenvalue weighted by Crippen LogP contribution is 2.33. The van der Waals surface area contributed by atoms with Crippen molar-refractivity contribution in [2.45, 2.75) is 11.8 Å². The van der Waals surface area contributed by atoms with Gasteiger partial charge >= 0.3 is 5.88 Å². The Morgan fingerprint density at radius 2 is 1.88 bits per heavy atom. The number of rotatable bonds is 3. The summed E-state index contributed by atoms with van der Waals surface area (Å²) in [6.07, 6.45) is 0. The van der Waals surface area contributed by atoms with E-state index in [2.05, 4.69) is 15.9 Å². The normalized spacial score (nSPS) is 12.4. The molecule has 0 saturated carbocycles. The van der Waals surface area contributed by atoms with Gasteiger partial charge in [0, 0.05) is 0 Å². The minimum Gasteiger partial charge on any atom is -0.404 e. The van der Waals surface area contributed by atoms with Crippen LogP contribution in [0.5, 0.6) is 0 Å². The summed E-state index contributed by atoms with van der Waals surface area (Å²) in [5.74, 6) is 0.289. The van der Waals surface area contributed by atoms with Gasteiger partial charge in [-0.3, -0.25) is 10.1 Å². The molecule has 17 heavy (non-hydrogen) atoms. The van der Waals surface area contributed by atoms with E-state index in [1.165, 1.54) is 11.6 Å². The summed E-state index contributed by atoms with van der Waals surface area (Å²) in [5, 5.41) is 10.5. The van der Waals surface area contributed by atoms with Gasteiger partial charge in [-0.05, 0) is 18.6 Å². The van der Waals surface area contributed by atoms with Crippen LogP contribution < -0.4 is 0 Å². The number of alkyl halides is 1. The predicted molar refractivity (Wildman–Crippen MR) is 67.3 cm³/mol. The second kappa shape index (κ2) is 4.71. The van der Waals surface area contributed by atoms with Crippen LogP contribution in [-0.2, 0) is 0 Å². The van der Waals surface area contributed by atoms with E-state index < -0.39 is 4.92 Å². The second-order valence-electron chi connectivity index (χ2n) is 3.71. The Labute approximate surface area is 107 Å². The topological polar surface area (TPSA) is 56.3 Å². The molecule has 0 N–H and O–H groups in total. The van der Waals surface area contributed by atoms with E-state index in [0.29, 0.717) is 5.76 Å². The third kappa shape index (κ3) is 2.55. The van der Waals surface area contributed by atoms with Gasteiger partial charge in [-0.2, -0.15) is 0 Å². The van der Waals surface area contributed by atoms with Gasteiger partial charge in [-0.15, -0.1) is 0 Å². The van der Waals surface area contributed by atoms with Crippen LogP contribution in [0, 0.1) is 17.0 Å². The SMILES string of the molecule is Cc1ccc(C(Br)c2ccc([N+](=O)[O-])o2)cc1. The molecule has 1 heterocycles. The van der Waals surface area contributed by atoms with Crippen molar-refractivity contribution in [2.24, 2.45) is 0 Å². The summed E-state index contributed by atoms with van der Waals surface area (Å²) in [4.78, 5) is 9.80. The molecule has 1 atom stereocenters. The first-order chi connectivity index (χ1) is 8.08. The van der Waals surface area contributed by atoms with E-state index in [-0.39, 0.29) is 10.7 Å². The van der Waals surface area contributed by atoms with Crippen molar-refractivity contribution in [3.05, 3.63) is 63.4 Å². The summed E-state index contributed by atoms with van der Waals surface area (Å²) in [7, 11) is 0. The van der Waals surface area contributed by atoms with Crippen molar-refractivity contribution in [3.63, 3.8) is 0 Å². The van der Waals surface area contributed by atoms with Gasteiger partial charge in [-0.25, -0.2) is 0 Å². The number of hydrogen-bond donors (Lipinski definition) is 0. The van der Waals surface area contributed by atoms with Crippen molar-refractivity contribution < 1.29 is 9.34 Å². The highest BCUT2D eigenvalue weighted by atomic mass is 79.9. The molecule has 5 heteroatoms. The largest absolute Gasteiger partial charge is 0.433 e. The molecule has 1 aromatic carbocycles. The zero-order valence-corrected chi connectivity index (χ0v) is 10.7. The Hall–Kier alpha value is -1.62. The minimum atomic E-state index is -0.543. The number of nitro groups is 1. The first-order valence-corrected chi connectivity index (χ1v) is 5.94. The lowest BCUT2D eigenvalue weighted by molar-refractivity contribution is -0.402. The predicted octanol–water partition coefficient (Wildman–Crippen LogP) is 3.98. The summed E-state index contributed by atoms with van der Waals surface area (Å²) in [5.41, 5.74) is 2.17. The highest BCUT2D eigenvalue weighted by molar-refractivity contribution is 9.09. The lowest BCUT2D eigenvalue weighted by Gasteiger charge is -2.06. The summed E-state index contributed by atoms with van der Waals surface area (Å²) >= 11 is 3.46. The molecule has 0 aliphatic heterocycles. The number of benzene rings is 1. The van der Waals surface area contributed by atoms with Gasteiger partial charge in [0.15, 0.2) is 0 Å². The summed E-state index contributed by atoms with van der Waals surface area (Å²) < 4.78 is 5.15. The lowest BCUT2D eigenvalue weighted by atomic mass is 10.1. The van der Waals surface area contributed by atoms with Gasteiger partial charge in [0.25, 0.3) is 0 Å². The van der Waals surface area contributed by atoms with Crippen molar-refractivity contribution in [2.75, 3.05) is 0 Å². The third-order valence-electron chi connectivity index (χ3n) is 2.41. The van der Waals surface area contributed by atoms with Crippen LogP contribution in [0.2, 0.25) is 0 Å². The van der Waals surface area contributed by atoms with Crippen molar-refractivity contribution >= 4 is 21.8 Å². The molecule has 1 aromatic heterocycles. The number of furan rings is 1. The average Bonchev–Trinajstić information content (AvgIpc) is 2.78. The smallest absolute Gasteiger partial charge is 0.404 e. The zero-order chi connectivity index (χ0) is 12.4. The molecule has 0 spiro atoms. The highest BCUT2D eigenvalue weighted by Gasteiger charge is 2.18.